The van der Waals surface area contributed by atoms with E-state index < -0.39 is 5.97 Å². The van der Waals surface area contributed by atoms with Crippen LogP contribution in [-0.4, -0.2) is 24.2 Å². The topological polar surface area (TPSA) is 40.5 Å². The van der Waals surface area contributed by atoms with Crippen molar-refractivity contribution in [2.75, 3.05) is 11.9 Å². The second-order valence-corrected chi connectivity index (χ2v) is 4.72. The normalized spacial score (nSPS) is 20.2. The van der Waals surface area contributed by atoms with E-state index in [-0.39, 0.29) is 17.8 Å². The van der Waals surface area contributed by atoms with E-state index >= 15 is 0 Å². The van der Waals surface area contributed by atoms with Gasteiger partial charge in [0.1, 0.15) is 5.82 Å². The number of likely N-dealkylation sites (N-methyl/N-ethyl adjacent to an activating group) is 1. The second-order valence-electron chi connectivity index (χ2n) is 4.72. The maximum atomic E-state index is 13.1. The Morgan fingerprint density at radius 1 is 1.65 bits per heavy atom. The van der Waals surface area contributed by atoms with Crippen LogP contribution in [0.2, 0.25) is 0 Å². The number of hydrogen-bond acceptors (Lipinski definition) is 2. The number of carbonyl (C=O) groups is 1. The van der Waals surface area contributed by atoms with Gasteiger partial charge < -0.3 is 10.0 Å². The highest BCUT2D eigenvalue weighted by atomic mass is 19.1. The Morgan fingerprint density at radius 2 is 2.35 bits per heavy atom. The Morgan fingerprint density at radius 3 is 3.00 bits per heavy atom. The largest absolute Gasteiger partial charge is 0.481 e. The molecule has 1 aromatic carbocycles. The quantitative estimate of drug-likeness (QED) is 0.876. The van der Waals surface area contributed by atoms with Gasteiger partial charge in [-0.25, -0.2) is 4.39 Å². The first-order valence-corrected chi connectivity index (χ1v) is 5.73. The van der Waals surface area contributed by atoms with Crippen LogP contribution < -0.4 is 4.90 Å². The minimum absolute atomic E-state index is 0.151. The number of aliphatic carboxylic acids is 1. The van der Waals surface area contributed by atoms with Gasteiger partial charge in [-0.1, -0.05) is 6.92 Å². The van der Waals surface area contributed by atoms with Crippen LogP contribution >= 0.6 is 0 Å². The van der Waals surface area contributed by atoms with Gasteiger partial charge in [0.15, 0.2) is 0 Å². The summed E-state index contributed by atoms with van der Waals surface area (Å²) in [5, 5.41) is 8.91. The lowest BCUT2D eigenvalue weighted by Crippen LogP contribution is -2.31. The van der Waals surface area contributed by atoms with E-state index in [1.54, 1.807) is 13.0 Å². The number of carboxylic acid groups (broad SMARTS) is 1. The predicted octanol–water partition coefficient (Wildman–Crippen LogP) is 2.30. The van der Waals surface area contributed by atoms with Crippen molar-refractivity contribution in [3.05, 3.63) is 29.6 Å². The molecule has 3 nitrogen and oxygen atoms in total. The van der Waals surface area contributed by atoms with E-state index in [0.29, 0.717) is 6.42 Å². The van der Waals surface area contributed by atoms with Gasteiger partial charge in [-0.05, 0) is 36.6 Å². The van der Waals surface area contributed by atoms with Crippen molar-refractivity contribution in [3.8, 4) is 0 Å². The molecule has 1 aromatic rings. The predicted molar refractivity (Wildman–Crippen MR) is 63.7 cm³/mol. The van der Waals surface area contributed by atoms with Gasteiger partial charge in [-0.15, -0.1) is 0 Å². The first-order chi connectivity index (χ1) is 7.99. The van der Waals surface area contributed by atoms with Crippen LogP contribution in [0, 0.1) is 11.7 Å². The van der Waals surface area contributed by atoms with Gasteiger partial charge >= 0.3 is 5.97 Å². The van der Waals surface area contributed by atoms with E-state index in [1.807, 2.05) is 11.9 Å². The number of hydrogen-bond donors (Lipinski definition) is 1. The number of nitrogens with zero attached hydrogens (tertiary/aromatic N) is 1. The molecular formula is C13H16FNO2. The van der Waals surface area contributed by atoms with Crippen molar-refractivity contribution in [2.24, 2.45) is 5.92 Å². The summed E-state index contributed by atoms with van der Waals surface area (Å²) in [5.74, 6) is -1.38. The third kappa shape index (κ3) is 2.25. The fraction of sp³-hybridized carbons (Fsp3) is 0.462. The molecule has 0 amide bonds. The van der Waals surface area contributed by atoms with Gasteiger partial charge in [0, 0.05) is 18.8 Å². The smallest absolute Gasteiger partial charge is 0.306 e. The highest BCUT2D eigenvalue weighted by molar-refractivity contribution is 5.70. The molecule has 1 aliphatic heterocycles. The van der Waals surface area contributed by atoms with Crippen LogP contribution in [0.1, 0.15) is 18.9 Å². The van der Waals surface area contributed by atoms with E-state index in [0.717, 1.165) is 17.7 Å². The van der Waals surface area contributed by atoms with Crippen molar-refractivity contribution >= 4 is 11.7 Å². The molecule has 1 N–H and O–H groups in total. The average molecular weight is 237 g/mol. The average Bonchev–Trinajstić information content (AvgIpc) is 2.55. The van der Waals surface area contributed by atoms with Gasteiger partial charge in [0.05, 0.1) is 5.92 Å². The third-order valence-corrected chi connectivity index (χ3v) is 3.47. The number of anilines is 1. The van der Waals surface area contributed by atoms with Gasteiger partial charge in [-0.3, -0.25) is 4.79 Å². The molecule has 0 saturated carbocycles. The molecule has 17 heavy (non-hydrogen) atoms. The molecule has 0 bridgehead atoms. The van der Waals surface area contributed by atoms with Crippen LogP contribution in [0.25, 0.3) is 0 Å². The maximum absolute atomic E-state index is 13.1. The fourth-order valence-corrected chi connectivity index (χ4v) is 2.40. The van der Waals surface area contributed by atoms with E-state index in [1.165, 1.54) is 12.1 Å². The number of benzene rings is 1. The molecule has 1 aliphatic rings. The lowest BCUT2D eigenvalue weighted by molar-refractivity contribution is -0.141. The molecule has 1 heterocycles. The number of halogens is 1. The molecule has 0 radical (unpaired) electrons. The molecule has 2 rings (SSSR count). The second kappa shape index (κ2) is 4.35. The van der Waals surface area contributed by atoms with Crippen LogP contribution in [0.4, 0.5) is 10.1 Å². The first-order valence-electron chi connectivity index (χ1n) is 5.73. The van der Waals surface area contributed by atoms with Crippen LogP contribution in [0.5, 0.6) is 0 Å². The van der Waals surface area contributed by atoms with Gasteiger partial charge in [0.25, 0.3) is 0 Å². The summed E-state index contributed by atoms with van der Waals surface area (Å²) in [6.07, 6.45) is 1.31. The van der Waals surface area contributed by atoms with Crippen molar-refractivity contribution in [2.45, 2.75) is 25.8 Å². The summed E-state index contributed by atoms with van der Waals surface area (Å²) in [7, 11) is 1.93. The van der Waals surface area contributed by atoms with Crippen molar-refractivity contribution in [3.63, 3.8) is 0 Å². The molecule has 0 spiro atoms. The van der Waals surface area contributed by atoms with Crippen molar-refractivity contribution < 1.29 is 14.3 Å². The summed E-state index contributed by atoms with van der Waals surface area (Å²) >= 11 is 0. The maximum Gasteiger partial charge on any atom is 0.306 e. The lowest BCUT2D eigenvalue weighted by Gasteiger charge is -2.24. The summed E-state index contributed by atoms with van der Waals surface area (Å²) < 4.78 is 13.1. The Hall–Kier alpha value is -1.58. The number of fused-ring (bicyclic) bond motifs is 1. The summed E-state index contributed by atoms with van der Waals surface area (Å²) in [6.45, 7) is 1.71. The minimum Gasteiger partial charge on any atom is -0.481 e. The van der Waals surface area contributed by atoms with E-state index in [4.69, 9.17) is 5.11 Å². The lowest BCUT2D eigenvalue weighted by atomic mass is 9.99. The Labute approximate surface area is 99.9 Å². The molecule has 4 heteroatoms. The Bertz CT molecular complexity index is 447. The zero-order chi connectivity index (χ0) is 12.6. The Balaban J connectivity index is 2.14. The van der Waals surface area contributed by atoms with Gasteiger partial charge in [-0.2, -0.15) is 0 Å². The molecule has 0 aliphatic carbocycles. The standard InChI is InChI=1S/C13H16FNO2/c1-8(13(16)17)5-11-7-9-6-10(14)3-4-12(9)15(11)2/h3-4,6,8,11H,5,7H2,1-2H3,(H,16,17). The van der Waals surface area contributed by atoms with E-state index in [2.05, 4.69) is 0 Å². The Kier molecular flexibility index (Phi) is 3.05. The summed E-state index contributed by atoms with van der Waals surface area (Å²) in [5.41, 5.74) is 1.98. The number of carboxylic acids is 1. The van der Waals surface area contributed by atoms with Crippen LogP contribution in [-0.2, 0) is 11.2 Å². The summed E-state index contributed by atoms with van der Waals surface area (Å²) in [4.78, 5) is 12.9. The van der Waals surface area contributed by atoms with Crippen LogP contribution in [0.15, 0.2) is 18.2 Å². The molecule has 2 atom stereocenters. The summed E-state index contributed by atoms with van der Waals surface area (Å²) in [6, 6.07) is 4.89. The molecular weight excluding hydrogens is 221 g/mol. The SMILES string of the molecule is CC(CC1Cc2cc(F)ccc2N1C)C(=O)O. The van der Waals surface area contributed by atoms with Crippen molar-refractivity contribution in [1.82, 2.24) is 0 Å². The highest BCUT2D eigenvalue weighted by Gasteiger charge is 2.29. The minimum atomic E-state index is -0.777. The third-order valence-electron chi connectivity index (χ3n) is 3.47. The molecule has 0 saturated heterocycles. The van der Waals surface area contributed by atoms with Gasteiger partial charge in [0.2, 0.25) is 0 Å². The van der Waals surface area contributed by atoms with Crippen molar-refractivity contribution in [1.29, 1.82) is 0 Å². The zero-order valence-electron chi connectivity index (χ0n) is 9.98. The number of rotatable bonds is 3. The van der Waals surface area contributed by atoms with E-state index in [9.17, 15) is 9.18 Å². The highest BCUT2D eigenvalue weighted by Crippen LogP contribution is 2.33. The first kappa shape index (κ1) is 11.9. The monoisotopic (exact) mass is 237 g/mol. The molecule has 92 valence electrons. The van der Waals surface area contributed by atoms with Crippen LogP contribution in [0.3, 0.4) is 0 Å². The molecule has 2 unspecified atom stereocenters. The molecule has 0 fully saturated rings. The zero-order valence-corrected chi connectivity index (χ0v) is 9.98. The fourth-order valence-electron chi connectivity index (χ4n) is 2.40. The molecule has 0 aromatic heterocycles.